The van der Waals surface area contributed by atoms with Crippen LogP contribution >= 0.6 is 0 Å². The van der Waals surface area contributed by atoms with E-state index < -0.39 is 0 Å². The van der Waals surface area contributed by atoms with Crippen molar-refractivity contribution in [2.24, 2.45) is 0 Å². The number of pyridine rings is 1. The number of nitrogens with zero attached hydrogens (tertiary/aromatic N) is 5. The van der Waals surface area contributed by atoms with Crippen LogP contribution < -0.4 is 0 Å². The largest absolute Gasteiger partial charge is 0.252 e. The molecule has 5 heteroatoms. The van der Waals surface area contributed by atoms with Gasteiger partial charge >= 0.3 is 0 Å². The van der Waals surface area contributed by atoms with E-state index in [4.69, 9.17) is 5.26 Å². The van der Waals surface area contributed by atoms with Gasteiger partial charge < -0.3 is 0 Å². The van der Waals surface area contributed by atoms with Gasteiger partial charge in [0.15, 0.2) is 5.82 Å². The summed E-state index contributed by atoms with van der Waals surface area (Å²) < 4.78 is 1.53. The number of aryl methyl sites for hydroxylation is 1. The number of fused-ring (bicyclic) bond motifs is 1. The first-order chi connectivity index (χ1) is 8.78. The van der Waals surface area contributed by atoms with Gasteiger partial charge in [-0.2, -0.15) is 5.26 Å². The van der Waals surface area contributed by atoms with E-state index in [1.165, 1.54) is 11.0 Å². The van der Waals surface area contributed by atoms with Crippen molar-refractivity contribution in [3.05, 3.63) is 48.0 Å². The highest BCUT2D eigenvalue weighted by Gasteiger charge is 2.07. The molecule has 0 N–H and O–H groups in total. The molecule has 0 fully saturated rings. The molecule has 0 bridgehead atoms. The molecule has 0 amide bonds. The number of para-hydroxylation sites is 1. The first-order valence-corrected chi connectivity index (χ1v) is 5.46. The molecule has 86 valence electrons. The summed E-state index contributed by atoms with van der Waals surface area (Å²) in [6.45, 7) is 1.96. The Labute approximate surface area is 103 Å². The third kappa shape index (κ3) is 1.60. The van der Waals surface area contributed by atoms with Gasteiger partial charge in [-0.05, 0) is 24.6 Å². The second-order valence-electron chi connectivity index (χ2n) is 3.95. The van der Waals surface area contributed by atoms with Crippen molar-refractivity contribution in [2.45, 2.75) is 6.92 Å². The van der Waals surface area contributed by atoms with Crippen LogP contribution in [-0.4, -0.2) is 19.7 Å². The van der Waals surface area contributed by atoms with E-state index in [1.54, 1.807) is 0 Å². The predicted octanol–water partition coefficient (Wildman–Crippen LogP) is 2.00. The van der Waals surface area contributed by atoms with E-state index in [2.05, 4.69) is 15.1 Å². The Balaban J connectivity index is 2.22. The van der Waals surface area contributed by atoms with Crippen LogP contribution in [0, 0.1) is 18.3 Å². The van der Waals surface area contributed by atoms with Gasteiger partial charge in [0.2, 0.25) is 0 Å². The van der Waals surface area contributed by atoms with E-state index >= 15 is 0 Å². The van der Waals surface area contributed by atoms with Crippen molar-refractivity contribution in [1.82, 2.24) is 19.7 Å². The molecule has 2 heterocycles. The molecule has 0 saturated carbocycles. The van der Waals surface area contributed by atoms with Gasteiger partial charge in [-0.3, -0.25) is 0 Å². The Morgan fingerprint density at radius 3 is 2.89 bits per heavy atom. The van der Waals surface area contributed by atoms with E-state index in [9.17, 15) is 0 Å². The van der Waals surface area contributed by atoms with Gasteiger partial charge in [0.1, 0.15) is 12.4 Å². The highest BCUT2D eigenvalue weighted by atomic mass is 15.4. The summed E-state index contributed by atoms with van der Waals surface area (Å²) in [4.78, 5) is 8.43. The quantitative estimate of drug-likeness (QED) is 0.647. The molecule has 3 rings (SSSR count). The van der Waals surface area contributed by atoms with Crippen molar-refractivity contribution in [2.75, 3.05) is 0 Å². The first-order valence-electron chi connectivity index (χ1n) is 5.46. The minimum Gasteiger partial charge on any atom is -0.228 e. The van der Waals surface area contributed by atoms with Gasteiger partial charge in [-0.15, -0.1) is 5.10 Å². The van der Waals surface area contributed by atoms with Crippen molar-refractivity contribution in [1.29, 1.82) is 5.26 Å². The molecule has 0 aliphatic carbocycles. The fraction of sp³-hybridized carbons (Fsp3) is 0.0769. The number of hydrogen-bond acceptors (Lipinski definition) is 4. The van der Waals surface area contributed by atoms with E-state index in [1.807, 2.05) is 43.3 Å². The topological polar surface area (TPSA) is 67.4 Å². The van der Waals surface area contributed by atoms with Crippen LogP contribution in [0.4, 0.5) is 0 Å². The van der Waals surface area contributed by atoms with E-state index in [0.29, 0.717) is 5.82 Å². The lowest BCUT2D eigenvalue weighted by Gasteiger charge is -2.06. The molecule has 5 nitrogen and oxygen atoms in total. The van der Waals surface area contributed by atoms with Gasteiger partial charge in [0.25, 0.3) is 5.82 Å². The second kappa shape index (κ2) is 3.93. The monoisotopic (exact) mass is 235 g/mol. The fourth-order valence-corrected chi connectivity index (χ4v) is 1.86. The zero-order valence-electron chi connectivity index (χ0n) is 9.70. The summed E-state index contributed by atoms with van der Waals surface area (Å²) in [7, 11) is 0. The summed E-state index contributed by atoms with van der Waals surface area (Å²) in [5.41, 5.74) is 1.88. The summed E-state index contributed by atoms with van der Waals surface area (Å²) in [6, 6.07) is 11.8. The third-order valence-electron chi connectivity index (χ3n) is 2.70. The fourth-order valence-electron chi connectivity index (χ4n) is 1.86. The molecular weight excluding hydrogens is 226 g/mol. The average molecular weight is 235 g/mol. The Kier molecular flexibility index (Phi) is 2.27. The molecular formula is C13H9N5. The lowest BCUT2D eigenvalue weighted by molar-refractivity contribution is 0.837. The van der Waals surface area contributed by atoms with Crippen LogP contribution in [0.1, 0.15) is 11.4 Å². The molecule has 1 aromatic carbocycles. The summed E-state index contributed by atoms with van der Waals surface area (Å²) >= 11 is 0. The molecule has 0 aliphatic rings. The Bertz CT molecular complexity index is 766. The van der Waals surface area contributed by atoms with Gasteiger partial charge in [0, 0.05) is 5.39 Å². The first kappa shape index (κ1) is 10.4. The van der Waals surface area contributed by atoms with Crippen molar-refractivity contribution >= 4 is 10.9 Å². The zero-order valence-corrected chi connectivity index (χ0v) is 9.70. The smallest absolute Gasteiger partial charge is 0.228 e. The van der Waals surface area contributed by atoms with Crippen molar-refractivity contribution in [3.8, 4) is 11.9 Å². The molecule has 3 aromatic rings. The maximum Gasteiger partial charge on any atom is 0.252 e. The van der Waals surface area contributed by atoms with Crippen LogP contribution in [0.3, 0.4) is 0 Å². The van der Waals surface area contributed by atoms with Crippen LogP contribution in [0.5, 0.6) is 0 Å². The minimum absolute atomic E-state index is 0.143. The van der Waals surface area contributed by atoms with Crippen LogP contribution in [0.15, 0.2) is 36.7 Å². The molecule has 0 aliphatic heterocycles. The number of nitriles is 1. The van der Waals surface area contributed by atoms with Crippen molar-refractivity contribution < 1.29 is 0 Å². The van der Waals surface area contributed by atoms with E-state index in [0.717, 1.165) is 16.5 Å². The average Bonchev–Trinajstić information content (AvgIpc) is 2.86. The maximum atomic E-state index is 8.73. The summed E-state index contributed by atoms with van der Waals surface area (Å²) in [6.07, 6.45) is 1.50. The van der Waals surface area contributed by atoms with Crippen molar-refractivity contribution in [3.63, 3.8) is 0 Å². The second-order valence-corrected chi connectivity index (χ2v) is 3.95. The number of benzene rings is 1. The molecule has 0 saturated heterocycles. The Hall–Kier alpha value is -2.74. The Morgan fingerprint density at radius 2 is 2.11 bits per heavy atom. The lowest BCUT2D eigenvalue weighted by Crippen LogP contribution is -2.01. The summed E-state index contributed by atoms with van der Waals surface area (Å²) in [5.74, 6) is 0.840. The maximum absolute atomic E-state index is 8.73. The van der Waals surface area contributed by atoms with E-state index in [-0.39, 0.29) is 5.82 Å². The number of rotatable bonds is 1. The van der Waals surface area contributed by atoms with Gasteiger partial charge in [-0.25, -0.2) is 14.6 Å². The predicted molar refractivity (Wildman–Crippen MR) is 66.1 cm³/mol. The van der Waals surface area contributed by atoms with Gasteiger partial charge in [0.05, 0.1) is 5.52 Å². The van der Waals surface area contributed by atoms with Gasteiger partial charge in [-0.1, -0.05) is 18.2 Å². The van der Waals surface area contributed by atoms with Crippen LogP contribution in [0.2, 0.25) is 0 Å². The standard InChI is InChI=1S/C13H9N5/c1-9-6-10-4-2-3-5-11(10)16-13(9)18-8-15-12(7-14)17-18/h2-6,8H,1H3. The highest BCUT2D eigenvalue weighted by molar-refractivity contribution is 5.80. The minimum atomic E-state index is 0.143. The molecule has 0 unspecified atom stereocenters. The lowest BCUT2D eigenvalue weighted by atomic mass is 10.1. The molecule has 0 atom stereocenters. The molecule has 2 aromatic heterocycles. The highest BCUT2D eigenvalue weighted by Crippen LogP contribution is 2.18. The SMILES string of the molecule is Cc1cc2ccccc2nc1-n1cnc(C#N)n1. The van der Waals surface area contributed by atoms with Crippen LogP contribution in [0.25, 0.3) is 16.7 Å². The zero-order chi connectivity index (χ0) is 12.5. The van der Waals surface area contributed by atoms with Crippen LogP contribution in [-0.2, 0) is 0 Å². The third-order valence-corrected chi connectivity index (χ3v) is 2.70. The summed E-state index contributed by atoms with van der Waals surface area (Å²) in [5, 5.41) is 13.9. The molecule has 0 spiro atoms. The molecule has 18 heavy (non-hydrogen) atoms. The normalized spacial score (nSPS) is 10.4. The molecule has 0 radical (unpaired) electrons. The Morgan fingerprint density at radius 1 is 1.28 bits per heavy atom. The number of hydrogen-bond donors (Lipinski definition) is 0. The number of aromatic nitrogens is 4.